The Kier molecular flexibility index (Phi) is 6.22. The highest BCUT2D eigenvalue weighted by atomic mass is 14.7. The number of hydrogen-bond acceptors (Lipinski definition) is 2. The van der Waals surface area contributed by atoms with Crippen LogP contribution in [0.3, 0.4) is 0 Å². The molecule has 23 heavy (non-hydrogen) atoms. The van der Waals surface area contributed by atoms with Gasteiger partial charge in [-0.3, -0.25) is 0 Å². The molecule has 0 aliphatic heterocycles. The fourth-order valence-corrected chi connectivity index (χ4v) is 5.55. The third-order valence-electron chi connectivity index (χ3n) is 7.65. The predicted octanol–water partition coefficient (Wildman–Crippen LogP) is 4.81. The van der Waals surface area contributed by atoms with Crippen molar-refractivity contribution in [3.63, 3.8) is 0 Å². The smallest absolute Gasteiger partial charge is 0.00905 e. The minimum absolute atomic E-state index is 0.406. The summed E-state index contributed by atoms with van der Waals surface area (Å²) in [7, 11) is 0. The summed E-state index contributed by atoms with van der Waals surface area (Å²) in [5, 5.41) is 0. The molecule has 2 rings (SSSR count). The minimum atomic E-state index is 0.406. The minimum Gasteiger partial charge on any atom is -0.327 e. The molecule has 0 saturated heterocycles. The van der Waals surface area contributed by atoms with E-state index in [0.717, 1.165) is 11.8 Å². The van der Waals surface area contributed by atoms with E-state index in [1.165, 1.54) is 38.5 Å². The molecule has 2 aliphatic carbocycles. The first-order valence-electron chi connectivity index (χ1n) is 10.1. The Hall–Kier alpha value is -0.0800. The second-order valence-corrected chi connectivity index (χ2v) is 10.1. The van der Waals surface area contributed by atoms with E-state index < -0.39 is 0 Å². The zero-order valence-corrected chi connectivity index (χ0v) is 16.5. The Morgan fingerprint density at radius 2 is 1.13 bits per heavy atom. The van der Waals surface area contributed by atoms with Gasteiger partial charge in [-0.05, 0) is 79.4 Å². The standard InChI is InChI=1S/C21H42N2/c1-13-9-17(10-14(2)19(13)22)7-8-21(5,6)18-11-15(3)20(23)16(4)12-18/h13-20H,7-12,22-23H2,1-6H3. The number of hydrogen-bond donors (Lipinski definition) is 2. The average Bonchev–Trinajstić information content (AvgIpc) is 2.47. The maximum absolute atomic E-state index is 6.35. The molecule has 0 amide bonds. The summed E-state index contributed by atoms with van der Waals surface area (Å²) in [5.74, 6) is 4.47. The molecule has 2 nitrogen and oxygen atoms in total. The van der Waals surface area contributed by atoms with Gasteiger partial charge in [0.05, 0.1) is 0 Å². The third-order valence-corrected chi connectivity index (χ3v) is 7.65. The summed E-state index contributed by atoms with van der Waals surface area (Å²) < 4.78 is 0. The first kappa shape index (κ1) is 19.2. The lowest BCUT2D eigenvalue weighted by Gasteiger charge is -2.45. The largest absolute Gasteiger partial charge is 0.327 e. The van der Waals surface area contributed by atoms with Crippen LogP contribution in [0.15, 0.2) is 0 Å². The molecule has 0 heterocycles. The van der Waals surface area contributed by atoms with Crippen molar-refractivity contribution < 1.29 is 0 Å². The van der Waals surface area contributed by atoms with Crippen LogP contribution in [0.25, 0.3) is 0 Å². The van der Waals surface area contributed by atoms with Crippen LogP contribution in [0.1, 0.15) is 80.1 Å². The van der Waals surface area contributed by atoms with E-state index in [1.54, 1.807) is 0 Å². The molecule has 0 aromatic rings. The lowest BCUT2D eigenvalue weighted by atomic mass is 9.61. The molecule has 2 aliphatic rings. The molecule has 0 aromatic carbocycles. The Balaban J connectivity index is 1.89. The van der Waals surface area contributed by atoms with Crippen LogP contribution in [0.5, 0.6) is 0 Å². The second-order valence-electron chi connectivity index (χ2n) is 10.1. The summed E-state index contributed by atoms with van der Waals surface area (Å²) >= 11 is 0. The SMILES string of the molecule is CC1CC(CCC(C)(C)C2CC(C)C(N)C(C)C2)CC(C)C1N. The second kappa shape index (κ2) is 7.44. The predicted molar refractivity (Wildman–Crippen MR) is 101 cm³/mol. The Labute approximate surface area is 145 Å². The van der Waals surface area contributed by atoms with E-state index in [4.69, 9.17) is 11.5 Å². The van der Waals surface area contributed by atoms with Crippen molar-refractivity contribution in [1.29, 1.82) is 0 Å². The first-order chi connectivity index (χ1) is 10.6. The van der Waals surface area contributed by atoms with Gasteiger partial charge in [0.25, 0.3) is 0 Å². The van der Waals surface area contributed by atoms with Crippen LogP contribution in [0, 0.1) is 40.9 Å². The third kappa shape index (κ3) is 4.51. The van der Waals surface area contributed by atoms with Crippen molar-refractivity contribution in [3.8, 4) is 0 Å². The first-order valence-corrected chi connectivity index (χ1v) is 10.1. The molecule has 136 valence electrons. The van der Waals surface area contributed by atoms with Gasteiger partial charge in [-0.2, -0.15) is 0 Å². The highest BCUT2D eigenvalue weighted by molar-refractivity contribution is 4.92. The molecule has 4 unspecified atom stereocenters. The quantitative estimate of drug-likeness (QED) is 0.780. The summed E-state index contributed by atoms with van der Waals surface area (Å²) in [6, 6.07) is 0.823. The van der Waals surface area contributed by atoms with Gasteiger partial charge in [-0.1, -0.05) is 41.5 Å². The van der Waals surface area contributed by atoms with E-state index in [9.17, 15) is 0 Å². The molecule has 2 saturated carbocycles. The van der Waals surface area contributed by atoms with Crippen molar-refractivity contribution in [2.45, 2.75) is 92.2 Å². The van der Waals surface area contributed by atoms with Crippen LogP contribution in [-0.2, 0) is 0 Å². The normalized spacial score (nSPS) is 45.9. The molecular weight excluding hydrogens is 280 g/mol. The summed E-state index contributed by atoms with van der Waals surface area (Å²) in [5.41, 5.74) is 13.1. The Morgan fingerprint density at radius 1 is 0.739 bits per heavy atom. The van der Waals surface area contributed by atoms with Crippen LogP contribution < -0.4 is 11.5 Å². The van der Waals surface area contributed by atoms with Gasteiger partial charge in [0.15, 0.2) is 0 Å². The summed E-state index contributed by atoms with van der Waals surface area (Å²) in [6.07, 6.45) is 8.07. The topological polar surface area (TPSA) is 52.0 Å². The Bertz CT molecular complexity index is 354. The van der Waals surface area contributed by atoms with Gasteiger partial charge in [-0.15, -0.1) is 0 Å². The molecule has 0 spiro atoms. The van der Waals surface area contributed by atoms with Crippen molar-refractivity contribution >= 4 is 0 Å². The monoisotopic (exact) mass is 322 g/mol. The van der Waals surface area contributed by atoms with Gasteiger partial charge in [0.1, 0.15) is 0 Å². The lowest BCUT2D eigenvalue weighted by Crippen LogP contribution is -2.44. The molecule has 4 N–H and O–H groups in total. The zero-order valence-electron chi connectivity index (χ0n) is 16.5. The van der Waals surface area contributed by atoms with Gasteiger partial charge in [0, 0.05) is 12.1 Å². The van der Waals surface area contributed by atoms with Gasteiger partial charge < -0.3 is 11.5 Å². The highest BCUT2D eigenvalue weighted by Gasteiger charge is 2.39. The molecular formula is C21H42N2. The Morgan fingerprint density at radius 3 is 1.57 bits per heavy atom. The number of nitrogens with two attached hydrogens (primary N) is 2. The summed E-state index contributed by atoms with van der Waals surface area (Å²) in [4.78, 5) is 0. The van der Waals surface area contributed by atoms with Crippen molar-refractivity contribution in [2.24, 2.45) is 52.4 Å². The average molecular weight is 323 g/mol. The molecule has 0 aromatic heterocycles. The maximum atomic E-state index is 6.35. The zero-order chi connectivity index (χ0) is 17.4. The molecule has 0 radical (unpaired) electrons. The molecule has 4 atom stereocenters. The van der Waals surface area contributed by atoms with E-state index in [2.05, 4.69) is 41.5 Å². The fourth-order valence-electron chi connectivity index (χ4n) is 5.55. The van der Waals surface area contributed by atoms with Crippen molar-refractivity contribution in [2.75, 3.05) is 0 Å². The molecule has 2 heteroatoms. The van der Waals surface area contributed by atoms with E-state index >= 15 is 0 Å². The van der Waals surface area contributed by atoms with Crippen LogP contribution in [0.4, 0.5) is 0 Å². The van der Waals surface area contributed by atoms with Gasteiger partial charge in [-0.25, -0.2) is 0 Å². The van der Waals surface area contributed by atoms with E-state index in [1.807, 2.05) is 0 Å². The fraction of sp³-hybridized carbons (Fsp3) is 1.00. The van der Waals surface area contributed by atoms with Crippen LogP contribution >= 0.6 is 0 Å². The molecule has 0 bridgehead atoms. The van der Waals surface area contributed by atoms with Crippen molar-refractivity contribution in [3.05, 3.63) is 0 Å². The van der Waals surface area contributed by atoms with Gasteiger partial charge >= 0.3 is 0 Å². The van der Waals surface area contributed by atoms with Crippen molar-refractivity contribution in [1.82, 2.24) is 0 Å². The summed E-state index contributed by atoms with van der Waals surface area (Å²) in [6.45, 7) is 14.4. The van der Waals surface area contributed by atoms with Crippen LogP contribution in [-0.4, -0.2) is 12.1 Å². The highest BCUT2D eigenvalue weighted by Crippen LogP contribution is 2.46. The molecule has 2 fully saturated rings. The maximum Gasteiger partial charge on any atom is 0.00905 e. The van der Waals surface area contributed by atoms with E-state index in [0.29, 0.717) is 41.2 Å². The number of rotatable bonds is 4. The lowest BCUT2D eigenvalue weighted by molar-refractivity contribution is 0.0667. The van der Waals surface area contributed by atoms with Crippen LogP contribution in [0.2, 0.25) is 0 Å². The van der Waals surface area contributed by atoms with Gasteiger partial charge in [0.2, 0.25) is 0 Å². The van der Waals surface area contributed by atoms with E-state index in [-0.39, 0.29) is 0 Å².